The Kier molecular flexibility index (Phi) is 6.39. The molecule has 1 atom stereocenters. The summed E-state index contributed by atoms with van der Waals surface area (Å²) < 4.78 is 21.6. The van der Waals surface area contributed by atoms with Gasteiger partial charge in [-0.15, -0.1) is 0 Å². The minimum atomic E-state index is -0.516. The first kappa shape index (κ1) is 19.8. The number of aliphatic hydroxyl groups is 1. The molecule has 4 rings (SSSR count). The maximum absolute atomic E-state index is 10.3. The van der Waals surface area contributed by atoms with Gasteiger partial charge in [0.1, 0.15) is 24.2 Å². The lowest BCUT2D eigenvalue weighted by atomic mass is 10.1. The molecule has 7 heteroatoms. The number of ether oxygens (including phenoxy) is 4. The van der Waals surface area contributed by atoms with Gasteiger partial charge in [-0.25, -0.2) is 0 Å². The van der Waals surface area contributed by atoms with Crippen molar-refractivity contribution in [3.8, 4) is 23.0 Å². The first-order valence-corrected chi connectivity index (χ1v) is 9.98. The number of aliphatic hydroxyl groups excluding tert-OH is 1. The lowest BCUT2D eigenvalue weighted by Gasteiger charge is -2.35. The van der Waals surface area contributed by atoms with Crippen LogP contribution >= 0.6 is 0 Å². The zero-order chi connectivity index (χ0) is 20.1. The Morgan fingerprint density at radius 3 is 2.38 bits per heavy atom. The molecule has 2 aliphatic heterocycles. The Morgan fingerprint density at radius 1 is 0.931 bits per heavy atom. The Balaban J connectivity index is 1.17. The van der Waals surface area contributed by atoms with Gasteiger partial charge in [-0.3, -0.25) is 9.80 Å². The number of nitrogens with zero attached hydrogens (tertiary/aromatic N) is 2. The number of fused-ring (bicyclic) bond motifs is 1. The molecule has 2 heterocycles. The van der Waals surface area contributed by atoms with Crippen LogP contribution in [0.15, 0.2) is 42.5 Å². The van der Waals surface area contributed by atoms with E-state index in [2.05, 4.69) is 21.9 Å². The van der Waals surface area contributed by atoms with E-state index in [-0.39, 0.29) is 6.61 Å². The molecule has 0 aromatic heterocycles. The first-order chi connectivity index (χ1) is 14.2. The molecular formula is C22H28N2O5. The topological polar surface area (TPSA) is 63.6 Å². The average Bonchev–Trinajstić information content (AvgIpc) is 3.22. The van der Waals surface area contributed by atoms with Gasteiger partial charge in [0, 0.05) is 39.3 Å². The molecule has 0 spiro atoms. The summed E-state index contributed by atoms with van der Waals surface area (Å²) in [7, 11) is 1.63. The van der Waals surface area contributed by atoms with Crippen LogP contribution in [-0.4, -0.2) is 74.2 Å². The summed E-state index contributed by atoms with van der Waals surface area (Å²) in [6.45, 7) is 5.92. The molecule has 29 heavy (non-hydrogen) atoms. The molecule has 1 fully saturated rings. The highest BCUT2D eigenvalue weighted by Crippen LogP contribution is 2.32. The van der Waals surface area contributed by atoms with Gasteiger partial charge in [0.2, 0.25) is 6.79 Å². The second-order valence-corrected chi connectivity index (χ2v) is 7.40. The van der Waals surface area contributed by atoms with Crippen LogP contribution in [0.5, 0.6) is 23.0 Å². The molecule has 0 unspecified atom stereocenters. The Labute approximate surface area is 171 Å². The average molecular weight is 400 g/mol. The summed E-state index contributed by atoms with van der Waals surface area (Å²) in [6.07, 6.45) is -0.516. The Bertz CT molecular complexity index is 790. The normalized spacial score (nSPS) is 17.9. The number of rotatable bonds is 8. The predicted octanol–water partition coefficient (Wildman–Crippen LogP) is 1.98. The third-order valence-corrected chi connectivity index (χ3v) is 5.28. The van der Waals surface area contributed by atoms with Crippen LogP contribution in [0.25, 0.3) is 0 Å². The molecule has 1 N–H and O–H groups in total. The highest BCUT2D eigenvalue weighted by Gasteiger charge is 2.21. The fourth-order valence-electron chi connectivity index (χ4n) is 3.64. The molecule has 1 saturated heterocycles. The van der Waals surface area contributed by atoms with E-state index in [1.807, 2.05) is 30.3 Å². The molecule has 7 nitrogen and oxygen atoms in total. The third kappa shape index (κ3) is 5.32. The SMILES string of the molecule is COc1ccc(OC[C@@H](O)CN2CCN(Cc3ccc4c(c3)OCO4)CC2)cc1. The molecule has 2 aromatic rings. The van der Waals surface area contributed by atoms with Gasteiger partial charge >= 0.3 is 0 Å². The van der Waals surface area contributed by atoms with Crippen molar-refractivity contribution in [2.45, 2.75) is 12.6 Å². The van der Waals surface area contributed by atoms with Crippen molar-refractivity contribution in [2.75, 3.05) is 53.2 Å². The lowest BCUT2D eigenvalue weighted by molar-refractivity contribution is 0.0446. The number of piperazine rings is 1. The van der Waals surface area contributed by atoms with Crippen molar-refractivity contribution in [1.82, 2.24) is 9.80 Å². The van der Waals surface area contributed by atoms with Gasteiger partial charge in [0.15, 0.2) is 11.5 Å². The molecule has 0 aliphatic carbocycles. The Morgan fingerprint density at radius 2 is 1.62 bits per heavy atom. The van der Waals surface area contributed by atoms with Crippen LogP contribution in [0.3, 0.4) is 0 Å². The summed E-state index contributed by atoms with van der Waals surface area (Å²) in [5, 5.41) is 10.3. The van der Waals surface area contributed by atoms with Crippen LogP contribution in [0, 0.1) is 0 Å². The number of hydrogen-bond acceptors (Lipinski definition) is 7. The summed E-state index contributed by atoms with van der Waals surface area (Å²) in [5.41, 5.74) is 1.23. The fourth-order valence-corrected chi connectivity index (χ4v) is 3.64. The number of benzene rings is 2. The summed E-state index contributed by atoms with van der Waals surface area (Å²) in [4.78, 5) is 4.71. The van der Waals surface area contributed by atoms with Crippen molar-refractivity contribution < 1.29 is 24.1 Å². The van der Waals surface area contributed by atoms with Crippen molar-refractivity contribution in [1.29, 1.82) is 0 Å². The minimum absolute atomic E-state index is 0.281. The Hall–Kier alpha value is -2.48. The maximum Gasteiger partial charge on any atom is 0.231 e. The van der Waals surface area contributed by atoms with E-state index in [0.29, 0.717) is 13.3 Å². The predicted molar refractivity (Wildman–Crippen MR) is 109 cm³/mol. The molecule has 0 saturated carbocycles. The quantitative estimate of drug-likeness (QED) is 0.727. The highest BCUT2D eigenvalue weighted by molar-refractivity contribution is 5.44. The summed E-state index contributed by atoms with van der Waals surface area (Å²) >= 11 is 0. The summed E-state index contributed by atoms with van der Waals surface area (Å²) in [6, 6.07) is 13.5. The molecule has 0 amide bonds. The largest absolute Gasteiger partial charge is 0.497 e. The maximum atomic E-state index is 10.3. The highest BCUT2D eigenvalue weighted by atomic mass is 16.7. The van der Waals surface area contributed by atoms with E-state index in [1.165, 1.54) is 5.56 Å². The standard InChI is InChI=1S/C22H28N2O5/c1-26-19-3-5-20(6-4-19)27-15-18(25)14-24-10-8-23(9-11-24)13-17-2-7-21-22(12-17)29-16-28-21/h2-7,12,18,25H,8-11,13-16H2,1H3/t18-/m0/s1. The van der Waals surface area contributed by atoms with E-state index >= 15 is 0 Å². The lowest BCUT2D eigenvalue weighted by Crippen LogP contribution is -2.48. The smallest absolute Gasteiger partial charge is 0.231 e. The van der Waals surface area contributed by atoms with E-state index < -0.39 is 6.10 Å². The molecule has 0 radical (unpaired) electrons. The zero-order valence-corrected chi connectivity index (χ0v) is 16.8. The van der Waals surface area contributed by atoms with Gasteiger partial charge < -0.3 is 24.1 Å². The van der Waals surface area contributed by atoms with Crippen LogP contribution in [0.1, 0.15) is 5.56 Å². The van der Waals surface area contributed by atoms with Crippen LogP contribution in [0.4, 0.5) is 0 Å². The van der Waals surface area contributed by atoms with E-state index in [0.717, 1.165) is 55.7 Å². The first-order valence-electron chi connectivity index (χ1n) is 9.98. The number of methoxy groups -OCH3 is 1. The summed E-state index contributed by atoms with van der Waals surface area (Å²) in [5.74, 6) is 3.18. The number of β-amino-alcohol motifs (C(OH)–C–C–N with tert-alkyl or cyclic N) is 1. The van der Waals surface area contributed by atoms with E-state index in [4.69, 9.17) is 18.9 Å². The monoisotopic (exact) mass is 400 g/mol. The van der Waals surface area contributed by atoms with E-state index in [9.17, 15) is 5.11 Å². The van der Waals surface area contributed by atoms with Crippen molar-refractivity contribution >= 4 is 0 Å². The van der Waals surface area contributed by atoms with Crippen LogP contribution in [0.2, 0.25) is 0 Å². The second-order valence-electron chi connectivity index (χ2n) is 7.40. The van der Waals surface area contributed by atoms with Crippen molar-refractivity contribution in [3.05, 3.63) is 48.0 Å². The van der Waals surface area contributed by atoms with Gasteiger partial charge in [0.25, 0.3) is 0 Å². The molecular weight excluding hydrogens is 372 g/mol. The molecule has 156 valence electrons. The fraction of sp³-hybridized carbons (Fsp3) is 0.455. The van der Waals surface area contributed by atoms with Crippen molar-refractivity contribution in [3.63, 3.8) is 0 Å². The third-order valence-electron chi connectivity index (χ3n) is 5.28. The minimum Gasteiger partial charge on any atom is -0.497 e. The van der Waals surface area contributed by atoms with Gasteiger partial charge in [0.05, 0.1) is 7.11 Å². The van der Waals surface area contributed by atoms with Crippen LogP contribution in [-0.2, 0) is 6.54 Å². The van der Waals surface area contributed by atoms with Crippen molar-refractivity contribution in [2.24, 2.45) is 0 Å². The van der Waals surface area contributed by atoms with E-state index in [1.54, 1.807) is 7.11 Å². The zero-order valence-electron chi connectivity index (χ0n) is 16.8. The van der Waals surface area contributed by atoms with Crippen LogP contribution < -0.4 is 18.9 Å². The number of hydrogen-bond donors (Lipinski definition) is 1. The van der Waals surface area contributed by atoms with Gasteiger partial charge in [-0.1, -0.05) is 6.07 Å². The molecule has 2 aromatic carbocycles. The molecule has 0 bridgehead atoms. The van der Waals surface area contributed by atoms with Gasteiger partial charge in [-0.2, -0.15) is 0 Å². The van der Waals surface area contributed by atoms with Gasteiger partial charge in [-0.05, 0) is 42.0 Å². The second kappa shape index (κ2) is 9.35. The molecule has 2 aliphatic rings.